The molecular weight excluding hydrogens is 360 g/mol. The van der Waals surface area contributed by atoms with Gasteiger partial charge in [-0.25, -0.2) is 0 Å². The van der Waals surface area contributed by atoms with Crippen LogP contribution in [0.1, 0.15) is 6.92 Å². The molecule has 154 valence electrons. The van der Waals surface area contributed by atoms with Gasteiger partial charge < -0.3 is 29.5 Å². The summed E-state index contributed by atoms with van der Waals surface area (Å²) >= 11 is 0. The molecule has 0 saturated carbocycles. The van der Waals surface area contributed by atoms with Crippen LogP contribution in [0.15, 0.2) is 24.3 Å². The summed E-state index contributed by atoms with van der Waals surface area (Å²) in [5.41, 5.74) is 1.90. The van der Waals surface area contributed by atoms with Crippen LogP contribution in [0.2, 0.25) is 0 Å². The lowest BCUT2D eigenvalue weighted by molar-refractivity contribution is -0.886. The molecule has 2 N–H and O–H groups in total. The van der Waals surface area contributed by atoms with E-state index in [1.54, 1.807) is 0 Å². The van der Waals surface area contributed by atoms with Gasteiger partial charge in [0.05, 0.1) is 33.5 Å². The number of carbonyl (C=O) groups is 2. The molecule has 2 amide bonds. The van der Waals surface area contributed by atoms with Crippen molar-refractivity contribution in [3.8, 4) is 0 Å². The fourth-order valence-corrected chi connectivity index (χ4v) is 3.37. The van der Waals surface area contributed by atoms with Crippen molar-refractivity contribution >= 4 is 23.2 Å². The molecule has 2 fully saturated rings. The van der Waals surface area contributed by atoms with E-state index in [2.05, 4.69) is 10.2 Å². The molecule has 2 saturated heterocycles. The molecule has 0 bridgehead atoms. The van der Waals surface area contributed by atoms with Crippen LogP contribution < -0.4 is 15.1 Å². The van der Waals surface area contributed by atoms with Crippen LogP contribution >= 0.6 is 0 Å². The molecule has 3 rings (SSSR count). The fourth-order valence-electron chi connectivity index (χ4n) is 3.37. The molecule has 0 radical (unpaired) electrons. The minimum atomic E-state index is -0.330. The van der Waals surface area contributed by atoms with Crippen LogP contribution in [-0.2, 0) is 19.1 Å². The quantitative estimate of drug-likeness (QED) is 0.666. The maximum Gasteiger partial charge on any atom is 0.282 e. The van der Waals surface area contributed by atoms with Crippen LogP contribution in [0.5, 0.6) is 0 Å². The Morgan fingerprint density at radius 3 is 2.21 bits per heavy atom. The smallest absolute Gasteiger partial charge is 0.282 e. The number of rotatable bonds is 6. The second-order valence-corrected chi connectivity index (χ2v) is 7.37. The third kappa shape index (κ3) is 5.43. The van der Waals surface area contributed by atoms with E-state index < -0.39 is 0 Å². The first-order valence-electron chi connectivity index (χ1n) is 9.96. The Kier molecular flexibility index (Phi) is 7.24. The molecular formula is C20H31N4O4+. The van der Waals surface area contributed by atoms with Gasteiger partial charge in [0.1, 0.15) is 0 Å². The minimum absolute atomic E-state index is 0.0651. The summed E-state index contributed by atoms with van der Waals surface area (Å²) < 4.78 is 10.7. The van der Waals surface area contributed by atoms with Crippen LogP contribution in [0, 0.1) is 0 Å². The van der Waals surface area contributed by atoms with Crippen molar-refractivity contribution in [1.29, 1.82) is 0 Å². The first-order valence-corrected chi connectivity index (χ1v) is 9.96. The molecule has 2 aliphatic heterocycles. The Morgan fingerprint density at radius 2 is 1.61 bits per heavy atom. The van der Waals surface area contributed by atoms with Crippen LogP contribution in [0.4, 0.5) is 11.4 Å². The average molecular weight is 391 g/mol. The molecule has 1 aromatic rings. The summed E-state index contributed by atoms with van der Waals surface area (Å²) in [5.74, 6) is -0.0262. The lowest BCUT2D eigenvalue weighted by atomic mass is 10.2. The van der Waals surface area contributed by atoms with E-state index >= 15 is 0 Å². The highest BCUT2D eigenvalue weighted by Crippen LogP contribution is 2.19. The van der Waals surface area contributed by atoms with E-state index in [-0.39, 0.29) is 17.9 Å². The molecule has 1 aromatic carbocycles. The van der Waals surface area contributed by atoms with Gasteiger partial charge in [0, 0.05) is 37.6 Å². The first-order chi connectivity index (χ1) is 13.5. The van der Waals surface area contributed by atoms with Crippen molar-refractivity contribution in [3.05, 3.63) is 24.3 Å². The monoisotopic (exact) mass is 391 g/mol. The lowest BCUT2D eigenvalue weighted by Crippen LogP contribution is -3.15. The van der Waals surface area contributed by atoms with Gasteiger partial charge in [0.2, 0.25) is 0 Å². The highest BCUT2D eigenvalue weighted by molar-refractivity contribution is 5.94. The Balaban J connectivity index is 1.49. The first kappa shape index (κ1) is 20.6. The molecule has 0 aliphatic carbocycles. The fraction of sp³-hybridized carbons (Fsp3) is 0.600. The van der Waals surface area contributed by atoms with Crippen LogP contribution in [0.25, 0.3) is 0 Å². The number of benzene rings is 1. The number of anilines is 2. The van der Waals surface area contributed by atoms with Crippen molar-refractivity contribution in [1.82, 2.24) is 4.90 Å². The molecule has 1 unspecified atom stereocenters. The second-order valence-electron chi connectivity index (χ2n) is 7.37. The van der Waals surface area contributed by atoms with E-state index in [0.29, 0.717) is 32.8 Å². The number of hydrogen-bond acceptors (Lipinski definition) is 5. The molecule has 2 aliphatic rings. The number of likely N-dealkylation sites (N-methyl/N-ethyl adjacent to an activating group) is 1. The minimum Gasteiger partial charge on any atom is -0.378 e. The third-order valence-electron chi connectivity index (χ3n) is 5.44. The zero-order valence-corrected chi connectivity index (χ0v) is 16.8. The molecule has 0 spiro atoms. The average Bonchev–Trinajstić information content (AvgIpc) is 2.74. The summed E-state index contributed by atoms with van der Waals surface area (Å²) in [5, 5.41) is 2.96. The SMILES string of the molecule is C[C@H](C(=O)Nc1ccc(N2CCOCC2)cc1)[NH+](C)CC(=O)N1CCOCC1. The van der Waals surface area contributed by atoms with Crippen LogP contribution in [0.3, 0.4) is 0 Å². The lowest BCUT2D eigenvalue weighted by Gasteiger charge is -2.29. The van der Waals surface area contributed by atoms with Crippen molar-refractivity contribution in [3.63, 3.8) is 0 Å². The molecule has 28 heavy (non-hydrogen) atoms. The van der Waals surface area contributed by atoms with Gasteiger partial charge >= 0.3 is 0 Å². The Bertz CT molecular complexity index is 655. The largest absolute Gasteiger partial charge is 0.378 e. The summed E-state index contributed by atoms with van der Waals surface area (Å²) in [4.78, 5) is 29.9. The van der Waals surface area contributed by atoms with E-state index in [1.807, 2.05) is 43.1 Å². The number of quaternary nitrogens is 1. The van der Waals surface area contributed by atoms with Gasteiger partial charge in [-0.1, -0.05) is 0 Å². The Morgan fingerprint density at radius 1 is 1.04 bits per heavy atom. The number of hydrogen-bond donors (Lipinski definition) is 2. The third-order valence-corrected chi connectivity index (χ3v) is 5.44. The maximum absolute atomic E-state index is 12.6. The van der Waals surface area contributed by atoms with Crippen molar-refractivity contribution in [2.75, 3.05) is 76.4 Å². The number of nitrogens with zero attached hydrogens (tertiary/aromatic N) is 2. The zero-order chi connectivity index (χ0) is 19.9. The van der Waals surface area contributed by atoms with Gasteiger partial charge in [-0.05, 0) is 31.2 Å². The van der Waals surface area contributed by atoms with Crippen molar-refractivity contribution in [2.24, 2.45) is 0 Å². The summed E-state index contributed by atoms with van der Waals surface area (Å²) in [7, 11) is 1.88. The highest BCUT2D eigenvalue weighted by Gasteiger charge is 2.27. The summed E-state index contributed by atoms with van der Waals surface area (Å²) in [6.45, 7) is 7.82. The zero-order valence-electron chi connectivity index (χ0n) is 16.8. The number of morpholine rings is 2. The summed E-state index contributed by atoms with van der Waals surface area (Å²) in [6, 6.07) is 7.55. The maximum atomic E-state index is 12.6. The van der Waals surface area contributed by atoms with Gasteiger partial charge in [-0.15, -0.1) is 0 Å². The molecule has 2 atom stereocenters. The predicted molar refractivity (Wildman–Crippen MR) is 107 cm³/mol. The number of nitrogens with one attached hydrogen (secondary N) is 2. The van der Waals surface area contributed by atoms with E-state index in [0.717, 1.165) is 42.6 Å². The van der Waals surface area contributed by atoms with Gasteiger partial charge in [0.25, 0.3) is 11.8 Å². The van der Waals surface area contributed by atoms with Crippen molar-refractivity contribution < 1.29 is 24.0 Å². The van der Waals surface area contributed by atoms with Gasteiger partial charge in [-0.2, -0.15) is 0 Å². The van der Waals surface area contributed by atoms with Gasteiger partial charge in [0.15, 0.2) is 12.6 Å². The van der Waals surface area contributed by atoms with E-state index in [9.17, 15) is 9.59 Å². The topological polar surface area (TPSA) is 75.6 Å². The number of carbonyl (C=O) groups excluding carboxylic acids is 2. The molecule has 0 aromatic heterocycles. The predicted octanol–water partition coefficient (Wildman–Crippen LogP) is -0.776. The van der Waals surface area contributed by atoms with E-state index in [1.165, 1.54) is 0 Å². The Hall–Kier alpha value is -2.16. The molecule has 8 nitrogen and oxygen atoms in total. The second kappa shape index (κ2) is 9.86. The Labute approximate surface area is 166 Å². The number of amides is 2. The number of ether oxygens (including phenoxy) is 2. The molecule has 8 heteroatoms. The normalized spacial score (nSPS) is 19.8. The van der Waals surface area contributed by atoms with Crippen molar-refractivity contribution in [2.45, 2.75) is 13.0 Å². The standard InChI is InChI=1S/C20H30N4O4/c1-16(22(2)15-19(25)24-9-13-28-14-10-24)20(26)21-17-3-5-18(6-4-17)23-7-11-27-12-8-23/h3-6,16H,7-15H2,1-2H3,(H,21,26)/p+1/t16-/m1/s1. The highest BCUT2D eigenvalue weighted by atomic mass is 16.5. The summed E-state index contributed by atoms with van der Waals surface area (Å²) in [6.07, 6.45) is 0. The van der Waals surface area contributed by atoms with Crippen LogP contribution in [-0.4, -0.2) is 89.0 Å². The molecule has 2 heterocycles. The van der Waals surface area contributed by atoms with Gasteiger partial charge in [-0.3, -0.25) is 9.59 Å². The van der Waals surface area contributed by atoms with E-state index in [4.69, 9.17) is 9.47 Å².